The number of aryl methyl sites for hydroxylation is 1. The molecule has 0 aliphatic carbocycles. The molecular weight excluding hydrogens is 256 g/mol. The van der Waals surface area contributed by atoms with Crippen molar-refractivity contribution in [2.45, 2.75) is 24.1 Å². The lowest BCUT2D eigenvalue weighted by Gasteiger charge is -2.09. The normalized spacial score (nSPS) is 14.1. The summed E-state index contributed by atoms with van der Waals surface area (Å²) in [7, 11) is -3.47. The van der Waals surface area contributed by atoms with Crippen LogP contribution >= 0.6 is 22.9 Å². The summed E-state index contributed by atoms with van der Waals surface area (Å²) < 4.78 is 26.7. The van der Waals surface area contributed by atoms with Gasteiger partial charge >= 0.3 is 0 Å². The summed E-state index contributed by atoms with van der Waals surface area (Å²) in [5.41, 5.74) is 6.11. The third-order valence-corrected chi connectivity index (χ3v) is 5.43. The fourth-order valence-electron chi connectivity index (χ4n) is 0.935. The molecule has 0 unspecified atom stereocenters. The van der Waals surface area contributed by atoms with E-state index >= 15 is 0 Å². The van der Waals surface area contributed by atoms with Crippen LogP contribution in [0, 0.1) is 6.92 Å². The molecule has 86 valence electrons. The Morgan fingerprint density at radius 2 is 2.27 bits per heavy atom. The van der Waals surface area contributed by atoms with Gasteiger partial charge in [-0.25, -0.2) is 13.1 Å². The smallest absolute Gasteiger partial charge is 0.250 e. The van der Waals surface area contributed by atoms with Crippen LogP contribution in [0.25, 0.3) is 0 Å². The lowest BCUT2D eigenvalue weighted by molar-refractivity contribution is 0.564. The van der Waals surface area contributed by atoms with Gasteiger partial charge in [0.25, 0.3) is 0 Å². The van der Waals surface area contributed by atoms with Crippen molar-refractivity contribution < 1.29 is 8.42 Å². The quantitative estimate of drug-likeness (QED) is 0.866. The highest BCUT2D eigenvalue weighted by molar-refractivity contribution is 7.91. The second-order valence-corrected chi connectivity index (χ2v) is 6.88. The molecule has 1 aromatic heterocycles. The minimum absolute atomic E-state index is 0.227. The van der Waals surface area contributed by atoms with E-state index in [1.807, 2.05) is 0 Å². The summed E-state index contributed by atoms with van der Waals surface area (Å²) in [4.78, 5) is 0. The number of sulfonamides is 1. The van der Waals surface area contributed by atoms with Crippen LogP contribution in [-0.4, -0.2) is 21.0 Å². The van der Waals surface area contributed by atoms with Crippen LogP contribution in [0.2, 0.25) is 4.34 Å². The fraction of sp³-hybridized carbons (Fsp3) is 0.500. The Morgan fingerprint density at radius 1 is 1.67 bits per heavy atom. The maximum atomic E-state index is 11.8. The lowest BCUT2D eigenvalue weighted by atomic mass is 10.4. The van der Waals surface area contributed by atoms with Crippen molar-refractivity contribution in [2.75, 3.05) is 6.54 Å². The molecule has 3 N–H and O–H groups in total. The van der Waals surface area contributed by atoms with E-state index in [1.54, 1.807) is 19.9 Å². The van der Waals surface area contributed by atoms with E-state index in [0.717, 1.165) is 16.9 Å². The van der Waals surface area contributed by atoms with Crippen molar-refractivity contribution in [2.24, 2.45) is 5.73 Å². The predicted molar refractivity (Wildman–Crippen MR) is 62.9 cm³/mol. The third-order valence-electron chi connectivity index (χ3n) is 1.81. The zero-order valence-corrected chi connectivity index (χ0v) is 10.8. The monoisotopic (exact) mass is 268 g/mol. The minimum atomic E-state index is -3.47. The van der Waals surface area contributed by atoms with Crippen LogP contribution in [0.15, 0.2) is 10.3 Å². The Morgan fingerprint density at radius 3 is 2.67 bits per heavy atom. The third kappa shape index (κ3) is 3.15. The van der Waals surface area contributed by atoms with Crippen LogP contribution in [0.3, 0.4) is 0 Å². The van der Waals surface area contributed by atoms with Crippen molar-refractivity contribution >= 4 is 33.0 Å². The lowest BCUT2D eigenvalue weighted by Crippen LogP contribution is -2.37. The Balaban J connectivity index is 2.96. The van der Waals surface area contributed by atoms with Crippen LogP contribution in [-0.2, 0) is 10.0 Å². The molecule has 0 saturated carbocycles. The molecule has 0 radical (unpaired) electrons. The van der Waals surface area contributed by atoms with Gasteiger partial charge in [0.15, 0.2) is 0 Å². The maximum absolute atomic E-state index is 11.8. The highest BCUT2D eigenvalue weighted by Gasteiger charge is 2.19. The topological polar surface area (TPSA) is 72.2 Å². The van der Waals surface area contributed by atoms with E-state index in [1.165, 1.54) is 0 Å². The van der Waals surface area contributed by atoms with Gasteiger partial charge in [0.2, 0.25) is 10.0 Å². The standard InChI is InChI=1S/C8H13ClN2O2S2/c1-5-3-7(14-8(5)9)15(12,13)11-6(2)4-10/h3,6,11H,4,10H2,1-2H3/t6-/m1/s1. The van der Waals surface area contributed by atoms with Gasteiger partial charge in [-0.1, -0.05) is 11.6 Å². The number of halogens is 1. The first-order valence-corrected chi connectivity index (χ1v) is 7.03. The molecule has 0 spiro atoms. The second kappa shape index (κ2) is 4.80. The molecule has 0 bridgehead atoms. The van der Waals surface area contributed by atoms with Gasteiger partial charge in [-0.05, 0) is 25.5 Å². The van der Waals surface area contributed by atoms with E-state index in [0.29, 0.717) is 4.34 Å². The summed E-state index contributed by atoms with van der Waals surface area (Å²) >= 11 is 6.86. The fourth-order valence-corrected chi connectivity index (χ4v) is 3.92. The molecule has 1 aromatic rings. The van der Waals surface area contributed by atoms with E-state index in [9.17, 15) is 8.42 Å². The Bertz CT molecular complexity index is 422. The van der Waals surface area contributed by atoms with Crippen molar-refractivity contribution in [1.29, 1.82) is 0 Å². The highest BCUT2D eigenvalue weighted by Crippen LogP contribution is 2.29. The van der Waals surface area contributed by atoms with E-state index in [-0.39, 0.29) is 16.8 Å². The molecule has 0 aromatic carbocycles. The van der Waals surface area contributed by atoms with Gasteiger partial charge in [0.05, 0.1) is 4.34 Å². The molecule has 1 heterocycles. The number of hydrogen-bond donors (Lipinski definition) is 2. The predicted octanol–water partition coefficient (Wildman–Crippen LogP) is 1.34. The molecule has 15 heavy (non-hydrogen) atoms. The zero-order chi connectivity index (χ0) is 11.6. The Labute approximate surface area is 98.5 Å². The van der Waals surface area contributed by atoms with Gasteiger partial charge in [0.1, 0.15) is 4.21 Å². The van der Waals surface area contributed by atoms with Gasteiger partial charge in [-0.15, -0.1) is 11.3 Å². The summed E-state index contributed by atoms with van der Waals surface area (Å²) in [6.45, 7) is 3.74. The first-order chi connectivity index (χ1) is 6.86. The van der Waals surface area contributed by atoms with Crippen molar-refractivity contribution in [1.82, 2.24) is 4.72 Å². The average molecular weight is 269 g/mol. The van der Waals surface area contributed by atoms with E-state index in [2.05, 4.69) is 4.72 Å². The Kier molecular flexibility index (Phi) is 4.13. The molecule has 0 aliphatic rings. The molecule has 0 saturated heterocycles. The summed E-state index contributed by atoms with van der Waals surface area (Å²) in [5.74, 6) is 0. The number of thiophene rings is 1. The van der Waals surface area contributed by atoms with E-state index in [4.69, 9.17) is 17.3 Å². The van der Waals surface area contributed by atoms with Gasteiger partial charge in [0, 0.05) is 12.6 Å². The number of rotatable bonds is 4. The first-order valence-electron chi connectivity index (χ1n) is 4.35. The van der Waals surface area contributed by atoms with Crippen molar-refractivity contribution in [3.63, 3.8) is 0 Å². The van der Waals surface area contributed by atoms with Crippen LogP contribution in [0.1, 0.15) is 12.5 Å². The molecule has 7 heteroatoms. The zero-order valence-electron chi connectivity index (χ0n) is 8.45. The highest BCUT2D eigenvalue weighted by atomic mass is 35.5. The van der Waals surface area contributed by atoms with Gasteiger partial charge < -0.3 is 5.73 Å². The Hall–Kier alpha value is -0.140. The minimum Gasteiger partial charge on any atom is -0.329 e. The van der Waals surface area contributed by atoms with Gasteiger partial charge in [-0.3, -0.25) is 0 Å². The second-order valence-electron chi connectivity index (χ2n) is 3.28. The molecule has 4 nitrogen and oxygen atoms in total. The SMILES string of the molecule is Cc1cc(S(=O)(=O)N[C@H](C)CN)sc1Cl. The van der Waals surface area contributed by atoms with Crippen LogP contribution < -0.4 is 10.5 Å². The van der Waals surface area contributed by atoms with Crippen LogP contribution in [0.5, 0.6) is 0 Å². The number of nitrogens with one attached hydrogen (secondary N) is 1. The molecular formula is C8H13ClN2O2S2. The number of hydrogen-bond acceptors (Lipinski definition) is 4. The summed E-state index contributed by atoms with van der Waals surface area (Å²) in [6.07, 6.45) is 0. The number of nitrogens with two attached hydrogens (primary N) is 1. The maximum Gasteiger partial charge on any atom is 0.250 e. The van der Waals surface area contributed by atoms with Gasteiger partial charge in [-0.2, -0.15) is 0 Å². The first kappa shape index (κ1) is 12.9. The summed E-state index contributed by atoms with van der Waals surface area (Å²) in [5, 5.41) is 0. The van der Waals surface area contributed by atoms with Crippen molar-refractivity contribution in [3.8, 4) is 0 Å². The molecule has 0 amide bonds. The largest absolute Gasteiger partial charge is 0.329 e. The average Bonchev–Trinajstić information content (AvgIpc) is 2.47. The molecule has 1 atom stereocenters. The molecule has 0 fully saturated rings. The van der Waals surface area contributed by atoms with Crippen LogP contribution in [0.4, 0.5) is 0 Å². The van der Waals surface area contributed by atoms with E-state index < -0.39 is 10.0 Å². The van der Waals surface area contributed by atoms with Crippen molar-refractivity contribution in [3.05, 3.63) is 16.0 Å². The molecule has 1 rings (SSSR count). The molecule has 0 aliphatic heterocycles. The summed E-state index contributed by atoms with van der Waals surface area (Å²) in [6, 6.07) is 1.27.